The number of nitrogens with zero attached hydrogens (tertiary/aromatic N) is 2. The Labute approximate surface area is 104 Å². The molecule has 0 unspecified atom stereocenters. The summed E-state index contributed by atoms with van der Waals surface area (Å²) in [6.07, 6.45) is 1.39. The number of anilines is 1. The quantitative estimate of drug-likeness (QED) is 0.563. The monoisotopic (exact) mass is 255 g/mol. The molecule has 1 rings (SSSR count). The number of methoxy groups -OCH3 is 1. The highest BCUT2D eigenvalue weighted by molar-refractivity contribution is 5.68. The van der Waals surface area contributed by atoms with Crippen LogP contribution in [0.2, 0.25) is 0 Å². The molecule has 0 bridgehead atoms. The second-order valence-electron chi connectivity index (χ2n) is 3.93. The van der Waals surface area contributed by atoms with Crippen LogP contribution in [-0.2, 0) is 23.1 Å². The molecule has 2 N–H and O–H groups in total. The normalized spacial score (nSPS) is 10.3. The van der Waals surface area contributed by atoms with E-state index in [-0.39, 0.29) is 24.8 Å². The molecule has 0 saturated carbocycles. The first-order valence-corrected chi connectivity index (χ1v) is 5.60. The number of aromatic nitrogens is 2. The van der Waals surface area contributed by atoms with Crippen molar-refractivity contribution < 1.29 is 9.53 Å². The van der Waals surface area contributed by atoms with Crippen LogP contribution in [0.1, 0.15) is 19.3 Å². The van der Waals surface area contributed by atoms with Gasteiger partial charge in [-0.1, -0.05) is 0 Å². The summed E-state index contributed by atoms with van der Waals surface area (Å²) in [7, 11) is 2.82. The van der Waals surface area contributed by atoms with Gasteiger partial charge >= 0.3 is 11.7 Å². The molecule has 0 radical (unpaired) electrons. The molecule has 7 nitrogen and oxygen atoms in total. The van der Waals surface area contributed by atoms with Crippen molar-refractivity contribution in [3.05, 3.63) is 26.9 Å². The highest BCUT2D eigenvalue weighted by Gasteiger charge is 2.06. The first-order valence-electron chi connectivity index (χ1n) is 5.60. The summed E-state index contributed by atoms with van der Waals surface area (Å²) in [6, 6.07) is 1.21. The van der Waals surface area contributed by atoms with Crippen LogP contribution in [0.5, 0.6) is 0 Å². The van der Waals surface area contributed by atoms with E-state index in [4.69, 9.17) is 5.73 Å². The number of nitrogen functional groups attached to an aromatic ring is 1. The van der Waals surface area contributed by atoms with Gasteiger partial charge in [0, 0.05) is 26.1 Å². The van der Waals surface area contributed by atoms with Crippen LogP contribution in [0.15, 0.2) is 15.7 Å². The van der Waals surface area contributed by atoms with Crippen molar-refractivity contribution in [2.45, 2.75) is 25.8 Å². The number of ether oxygens (including phenoxy) is 1. The van der Waals surface area contributed by atoms with Gasteiger partial charge in [-0.3, -0.25) is 18.7 Å². The zero-order valence-electron chi connectivity index (χ0n) is 10.5. The maximum atomic E-state index is 11.7. The maximum absolute atomic E-state index is 11.7. The molecule has 1 aromatic rings. The Hall–Kier alpha value is -2.05. The largest absolute Gasteiger partial charge is 0.469 e. The highest BCUT2D eigenvalue weighted by Crippen LogP contribution is 1.98. The van der Waals surface area contributed by atoms with Gasteiger partial charge in [0.1, 0.15) is 5.82 Å². The van der Waals surface area contributed by atoms with Gasteiger partial charge in [0.25, 0.3) is 5.56 Å². The summed E-state index contributed by atoms with van der Waals surface area (Å²) in [5.41, 5.74) is 4.62. The molecule has 0 aliphatic rings. The molecule has 0 aliphatic heterocycles. The van der Waals surface area contributed by atoms with Gasteiger partial charge in [0.05, 0.1) is 7.11 Å². The average Bonchev–Trinajstić information content (AvgIpc) is 2.34. The number of hydrogen-bond acceptors (Lipinski definition) is 5. The molecule has 100 valence electrons. The van der Waals surface area contributed by atoms with Crippen molar-refractivity contribution in [2.75, 3.05) is 12.8 Å². The SMILES string of the molecule is COC(=O)CCCCn1c(=O)cc(N)n(C)c1=O. The first kappa shape index (κ1) is 14.0. The van der Waals surface area contributed by atoms with Crippen molar-refractivity contribution >= 4 is 11.8 Å². The first-order chi connectivity index (χ1) is 8.47. The topological polar surface area (TPSA) is 96.3 Å². The van der Waals surface area contributed by atoms with Crippen molar-refractivity contribution in [1.82, 2.24) is 9.13 Å². The predicted octanol–water partition coefficient (Wildman–Crippen LogP) is -0.527. The van der Waals surface area contributed by atoms with Gasteiger partial charge < -0.3 is 10.5 Å². The summed E-state index contributed by atoms with van der Waals surface area (Å²) in [4.78, 5) is 34.2. The zero-order valence-corrected chi connectivity index (χ0v) is 10.5. The number of unbranched alkanes of at least 4 members (excludes halogenated alkanes) is 1. The second-order valence-corrected chi connectivity index (χ2v) is 3.93. The number of carbonyl (C=O) groups is 1. The molecular weight excluding hydrogens is 238 g/mol. The predicted molar refractivity (Wildman–Crippen MR) is 66.2 cm³/mol. The minimum atomic E-state index is -0.446. The van der Waals surface area contributed by atoms with Crippen LogP contribution in [0, 0.1) is 0 Å². The minimum absolute atomic E-state index is 0.135. The molecule has 0 amide bonds. The van der Waals surface area contributed by atoms with E-state index in [9.17, 15) is 14.4 Å². The number of hydrogen-bond donors (Lipinski definition) is 1. The lowest BCUT2D eigenvalue weighted by atomic mass is 10.2. The van der Waals surface area contributed by atoms with E-state index < -0.39 is 11.2 Å². The van der Waals surface area contributed by atoms with E-state index in [1.807, 2.05) is 0 Å². The van der Waals surface area contributed by atoms with E-state index >= 15 is 0 Å². The third kappa shape index (κ3) is 3.22. The summed E-state index contributed by atoms with van der Waals surface area (Å²) < 4.78 is 6.81. The molecule has 0 atom stereocenters. The molecule has 0 aliphatic carbocycles. The number of nitrogens with two attached hydrogens (primary N) is 1. The smallest absolute Gasteiger partial charge is 0.332 e. The van der Waals surface area contributed by atoms with Crippen molar-refractivity contribution in [2.24, 2.45) is 7.05 Å². The molecular formula is C11H17N3O4. The van der Waals surface area contributed by atoms with E-state index in [1.54, 1.807) is 0 Å². The lowest BCUT2D eigenvalue weighted by Crippen LogP contribution is -2.39. The van der Waals surface area contributed by atoms with Gasteiger partial charge in [-0.05, 0) is 12.8 Å². The molecule has 0 aromatic carbocycles. The number of esters is 1. The summed E-state index contributed by atoms with van der Waals surface area (Å²) >= 11 is 0. The zero-order chi connectivity index (χ0) is 13.7. The Morgan fingerprint density at radius 3 is 2.67 bits per heavy atom. The fraction of sp³-hybridized carbons (Fsp3) is 0.545. The van der Waals surface area contributed by atoms with E-state index in [0.717, 1.165) is 4.57 Å². The minimum Gasteiger partial charge on any atom is -0.469 e. The lowest BCUT2D eigenvalue weighted by molar-refractivity contribution is -0.140. The highest BCUT2D eigenvalue weighted by atomic mass is 16.5. The Bertz CT molecular complexity index is 544. The summed E-state index contributed by atoms with van der Waals surface area (Å²) in [5.74, 6) is -0.164. The van der Waals surface area contributed by atoms with Crippen LogP contribution in [0.4, 0.5) is 5.82 Å². The number of carbonyl (C=O) groups excluding carboxylic acids is 1. The Kier molecular flexibility index (Phi) is 4.70. The molecule has 1 heterocycles. The van der Waals surface area contributed by atoms with E-state index in [0.29, 0.717) is 12.8 Å². The summed E-state index contributed by atoms with van der Waals surface area (Å²) in [6.45, 7) is 0.267. The fourth-order valence-corrected chi connectivity index (χ4v) is 1.53. The van der Waals surface area contributed by atoms with Crippen LogP contribution in [0.3, 0.4) is 0 Å². The Morgan fingerprint density at radius 2 is 2.06 bits per heavy atom. The molecule has 7 heteroatoms. The third-order valence-electron chi connectivity index (χ3n) is 2.68. The van der Waals surface area contributed by atoms with Crippen LogP contribution >= 0.6 is 0 Å². The van der Waals surface area contributed by atoms with Gasteiger partial charge in [0.15, 0.2) is 0 Å². The van der Waals surface area contributed by atoms with Gasteiger partial charge in [0.2, 0.25) is 0 Å². The van der Waals surface area contributed by atoms with Gasteiger partial charge in [-0.2, -0.15) is 0 Å². The Morgan fingerprint density at radius 1 is 1.39 bits per heavy atom. The third-order valence-corrected chi connectivity index (χ3v) is 2.68. The fourth-order valence-electron chi connectivity index (χ4n) is 1.53. The second kappa shape index (κ2) is 6.04. The summed E-state index contributed by atoms with van der Waals surface area (Å²) in [5, 5.41) is 0. The van der Waals surface area contributed by atoms with Crippen molar-refractivity contribution in [1.29, 1.82) is 0 Å². The molecule has 0 fully saturated rings. The van der Waals surface area contributed by atoms with Crippen molar-refractivity contribution in [3.63, 3.8) is 0 Å². The van der Waals surface area contributed by atoms with E-state index in [2.05, 4.69) is 4.74 Å². The number of rotatable bonds is 5. The van der Waals surface area contributed by atoms with Gasteiger partial charge in [-0.25, -0.2) is 4.79 Å². The Balaban J connectivity index is 2.69. The molecule has 0 saturated heterocycles. The van der Waals surface area contributed by atoms with Gasteiger partial charge in [-0.15, -0.1) is 0 Å². The molecule has 0 spiro atoms. The molecule has 1 aromatic heterocycles. The average molecular weight is 255 g/mol. The maximum Gasteiger partial charge on any atom is 0.332 e. The van der Waals surface area contributed by atoms with E-state index in [1.165, 1.54) is 24.8 Å². The van der Waals surface area contributed by atoms with Crippen LogP contribution < -0.4 is 17.0 Å². The standard InChI is InChI=1S/C11H17N3O4/c1-13-8(12)7-9(15)14(11(13)17)6-4-3-5-10(16)18-2/h7H,3-6,12H2,1-2H3. The van der Waals surface area contributed by atoms with Crippen LogP contribution in [-0.4, -0.2) is 22.2 Å². The van der Waals surface area contributed by atoms with Crippen molar-refractivity contribution in [3.8, 4) is 0 Å². The molecule has 18 heavy (non-hydrogen) atoms. The van der Waals surface area contributed by atoms with Crippen LogP contribution in [0.25, 0.3) is 0 Å². The lowest BCUT2D eigenvalue weighted by Gasteiger charge is -2.08.